The number of aryl methyl sites for hydroxylation is 1. The number of aliphatic hydroxyl groups excluding tert-OH is 1. The van der Waals surface area contributed by atoms with Crippen molar-refractivity contribution in [2.75, 3.05) is 13.2 Å². The summed E-state index contributed by atoms with van der Waals surface area (Å²) in [5.74, 6) is -2.58. The van der Waals surface area contributed by atoms with Gasteiger partial charge in [-0.2, -0.15) is 0 Å². The summed E-state index contributed by atoms with van der Waals surface area (Å²) in [6.45, 7) is 21.6. The van der Waals surface area contributed by atoms with Crippen molar-refractivity contribution >= 4 is 30.0 Å². The average Bonchev–Trinajstić information content (AvgIpc) is 3.02. The number of benzene rings is 2. The van der Waals surface area contributed by atoms with E-state index in [1.807, 2.05) is 66.7 Å². The third kappa shape index (κ3) is 17.6. The van der Waals surface area contributed by atoms with Crippen LogP contribution < -0.4 is 0 Å². The Kier molecular flexibility index (Phi) is 19.4. The van der Waals surface area contributed by atoms with Crippen molar-refractivity contribution in [1.29, 1.82) is 0 Å². The lowest BCUT2D eigenvalue weighted by Crippen LogP contribution is -2.29. The van der Waals surface area contributed by atoms with Crippen LogP contribution >= 0.6 is 0 Å². The number of carbonyl (C=O) groups excluding carboxylic acids is 4. The molecule has 0 aliphatic carbocycles. The fourth-order valence-electron chi connectivity index (χ4n) is 2.66. The lowest BCUT2D eigenvalue weighted by Gasteiger charge is -2.16. The summed E-state index contributed by atoms with van der Waals surface area (Å²) in [6, 6.07) is 19.7. The quantitative estimate of drug-likeness (QED) is 0.128. The van der Waals surface area contributed by atoms with Crippen LogP contribution in [0, 0.1) is 0 Å². The van der Waals surface area contributed by atoms with Gasteiger partial charge in [-0.15, -0.1) is 0 Å². The van der Waals surface area contributed by atoms with Gasteiger partial charge in [-0.3, -0.25) is 0 Å². The Balaban J connectivity index is 0.000000758. The highest BCUT2D eigenvalue weighted by Gasteiger charge is 2.19. The second-order valence-electron chi connectivity index (χ2n) is 9.21. The molecule has 0 aliphatic heterocycles. The first-order valence-corrected chi connectivity index (χ1v) is 13.5. The SMILES string of the molecule is C=C(C)C(=O)OC(=O)C(=C)C.C=C(CC)C(=O)OCC(CO)OC(=O)C(=C)CCc1ccccc1.C=Cc1ccccc1. The highest BCUT2D eigenvalue weighted by atomic mass is 16.6. The molecule has 0 aromatic heterocycles. The van der Waals surface area contributed by atoms with Crippen molar-refractivity contribution in [2.45, 2.75) is 46.1 Å². The van der Waals surface area contributed by atoms with Crippen LogP contribution in [-0.4, -0.2) is 48.3 Å². The van der Waals surface area contributed by atoms with Crippen LogP contribution in [0.4, 0.5) is 0 Å². The van der Waals surface area contributed by atoms with Crippen LogP contribution in [0.1, 0.15) is 44.7 Å². The van der Waals surface area contributed by atoms with Gasteiger partial charge in [0.25, 0.3) is 0 Å². The van der Waals surface area contributed by atoms with Gasteiger partial charge in [0.05, 0.1) is 6.61 Å². The van der Waals surface area contributed by atoms with Crippen LogP contribution in [0.2, 0.25) is 0 Å². The van der Waals surface area contributed by atoms with E-state index in [2.05, 4.69) is 37.6 Å². The molecule has 1 N–H and O–H groups in total. The Morgan fingerprint density at radius 2 is 1.30 bits per heavy atom. The van der Waals surface area contributed by atoms with Crippen LogP contribution in [0.3, 0.4) is 0 Å². The molecule has 230 valence electrons. The van der Waals surface area contributed by atoms with E-state index >= 15 is 0 Å². The summed E-state index contributed by atoms with van der Waals surface area (Å²) in [5.41, 5.74) is 3.29. The minimum atomic E-state index is -0.917. The molecule has 0 radical (unpaired) electrons. The normalized spacial score (nSPS) is 10.1. The topological polar surface area (TPSA) is 116 Å². The van der Waals surface area contributed by atoms with E-state index in [-0.39, 0.29) is 17.8 Å². The molecule has 0 bridgehead atoms. The van der Waals surface area contributed by atoms with Gasteiger partial charge >= 0.3 is 23.9 Å². The Morgan fingerprint density at radius 3 is 1.72 bits per heavy atom. The molecule has 43 heavy (non-hydrogen) atoms. The van der Waals surface area contributed by atoms with E-state index in [1.165, 1.54) is 19.4 Å². The maximum Gasteiger partial charge on any atom is 0.340 e. The highest BCUT2D eigenvalue weighted by Crippen LogP contribution is 2.11. The van der Waals surface area contributed by atoms with Crippen molar-refractivity contribution in [3.63, 3.8) is 0 Å². The molecular weight excluding hydrogens is 548 g/mol. The van der Waals surface area contributed by atoms with Crippen molar-refractivity contribution in [2.24, 2.45) is 0 Å². The first-order chi connectivity index (χ1) is 20.4. The van der Waals surface area contributed by atoms with E-state index < -0.39 is 36.6 Å². The van der Waals surface area contributed by atoms with Gasteiger partial charge in [-0.05, 0) is 44.2 Å². The van der Waals surface area contributed by atoms with Gasteiger partial charge < -0.3 is 19.3 Å². The molecule has 0 spiro atoms. The molecule has 1 unspecified atom stereocenters. The molecule has 0 saturated carbocycles. The van der Waals surface area contributed by atoms with E-state index in [9.17, 15) is 24.3 Å². The minimum Gasteiger partial charge on any atom is -0.458 e. The zero-order valence-corrected chi connectivity index (χ0v) is 25.3. The number of hydrogen-bond acceptors (Lipinski definition) is 8. The predicted molar refractivity (Wildman–Crippen MR) is 169 cm³/mol. The smallest absolute Gasteiger partial charge is 0.340 e. The van der Waals surface area contributed by atoms with E-state index in [0.29, 0.717) is 30.4 Å². The number of aliphatic hydroxyl groups is 1. The Hall–Kier alpha value is -4.82. The molecule has 2 rings (SSSR count). The molecule has 2 aromatic carbocycles. The molecule has 1 atom stereocenters. The molecule has 0 heterocycles. The van der Waals surface area contributed by atoms with Crippen LogP contribution in [0.5, 0.6) is 0 Å². The molecule has 0 fully saturated rings. The Labute approximate surface area is 254 Å². The summed E-state index contributed by atoms with van der Waals surface area (Å²) in [7, 11) is 0. The number of hydrogen-bond donors (Lipinski definition) is 1. The Bertz CT molecular complexity index is 1240. The molecule has 0 aliphatic rings. The summed E-state index contributed by atoms with van der Waals surface area (Å²) in [4.78, 5) is 44.8. The van der Waals surface area contributed by atoms with Crippen LogP contribution in [0.25, 0.3) is 6.08 Å². The van der Waals surface area contributed by atoms with E-state index in [4.69, 9.17) is 9.47 Å². The van der Waals surface area contributed by atoms with Gasteiger partial charge in [0.15, 0.2) is 6.10 Å². The largest absolute Gasteiger partial charge is 0.458 e. The minimum absolute atomic E-state index is 0.194. The maximum absolute atomic E-state index is 12.0. The molecule has 2 aromatic rings. The van der Waals surface area contributed by atoms with Crippen LogP contribution in [-0.2, 0) is 39.8 Å². The molecule has 8 nitrogen and oxygen atoms in total. The first-order valence-electron chi connectivity index (χ1n) is 13.5. The van der Waals surface area contributed by atoms with Gasteiger partial charge in [-0.25, -0.2) is 19.2 Å². The molecule has 8 heteroatoms. The molecular formula is C35H42O8. The molecule has 0 saturated heterocycles. The summed E-state index contributed by atoms with van der Waals surface area (Å²) in [6.07, 6.45) is 2.51. The summed E-state index contributed by atoms with van der Waals surface area (Å²) < 4.78 is 14.4. The number of carbonyl (C=O) groups is 4. The fourth-order valence-corrected chi connectivity index (χ4v) is 2.66. The lowest BCUT2D eigenvalue weighted by molar-refractivity contribution is -0.156. The maximum atomic E-state index is 12.0. The zero-order chi connectivity index (χ0) is 32.8. The number of esters is 4. The van der Waals surface area contributed by atoms with Gasteiger partial charge in [0, 0.05) is 22.3 Å². The Morgan fingerprint density at radius 1 is 0.791 bits per heavy atom. The summed E-state index contributed by atoms with van der Waals surface area (Å²) >= 11 is 0. The zero-order valence-electron chi connectivity index (χ0n) is 25.3. The lowest BCUT2D eigenvalue weighted by atomic mass is 10.1. The summed E-state index contributed by atoms with van der Waals surface area (Å²) in [5, 5.41) is 9.25. The third-order valence-electron chi connectivity index (χ3n) is 5.36. The third-order valence-corrected chi connectivity index (χ3v) is 5.36. The van der Waals surface area contributed by atoms with E-state index in [0.717, 1.165) is 5.56 Å². The number of rotatable bonds is 13. The second kappa shape index (κ2) is 21.9. The number of ether oxygens (including phenoxy) is 3. The highest BCUT2D eigenvalue weighted by molar-refractivity contribution is 6.00. The van der Waals surface area contributed by atoms with Crippen molar-refractivity contribution < 1.29 is 38.5 Å². The monoisotopic (exact) mass is 590 g/mol. The second-order valence-corrected chi connectivity index (χ2v) is 9.21. The van der Waals surface area contributed by atoms with Crippen molar-refractivity contribution in [1.82, 2.24) is 0 Å². The van der Waals surface area contributed by atoms with Crippen LogP contribution in [0.15, 0.2) is 116 Å². The predicted octanol–water partition coefficient (Wildman–Crippen LogP) is 6.13. The molecule has 0 amide bonds. The van der Waals surface area contributed by atoms with Crippen molar-refractivity contribution in [3.8, 4) is 0 Å². The average molecular weight is 591 g/mol. The van der Waals surface area contributed by atoms with Crippen molar-refractivity contribution in [3.05, 3.63) is 127 Å². The first kappa shape index (κ1) is 38.2. The van der Waals surface area contributed by atoms with Gasteiger partial charge in [0.2, 0.25) is 0 Å². The van der Waals surface area contributed by atoms with E-state index in [1.54, 1.807) is 6.92 Å². The van der Waals surface area contributed by atoms with Gasteiger partial charge in [-0.1, -0.05) is 107 Å². The standard InChI is InChI=1S/C19H24O5.C8H10O3.C8H8/c1-4-14(2)18(21)23-13-17(12-20)24-19(22)15(3)10-11-16-8-6-5-7-9-16;1-5(2)7(9)11-8(10)6(3)4;1-2-8-6-4-3-5-7-8/h5-9,17,20H,2-4,10-13H2,1H3;1,3H2,2,4H3;2-7H,1H2. The fraction of sp³-hybridized carbons (Fsp3) is 0.257. The van der Waals surface area contributed by atoms with Gasteiger partial charge in [0.1, 0.15) is 6.61 Å².